The van der Waals surface area contributed by atoms with Crippen LogP contribution in [0.3, 0.4) is 0 Å². The van der Waals surface area contributed by atoms with E-state index in [1.165, 1.54) is 16.7 Å². The molecule has 13 heteroatoms. The third-order valence-electron chi connectivity index (χ3n) is 4.66. The number of rotatable bonds is 5. The summed E-state index contributed by atoms with van der Waals surface area (Å²) in [6.45, 7) is 5.33. The average molecular weight is 585 g/mol. The summed E-state index contributed by atoms with van der Waals surface area (Å²) in [7, 11) is 0. The van der Waals surface area contributed by atoms with Gasteiger partial charge >= 0.3 is 16.6 Å². The van der Waals surface area contributed by atoms with E-state index in [0.717, 1.165) is 16.0 Å². The summed E-state index contributed by atoms with van der Waals surface area (Å²) < 4.78 is 13.4. The fourth-order valence-corrected chi connectivity index (χ4v) is 4.77. The van der Waals surface area contributed by atoms with Crippen LogP contribution in [0.4, 0.5) is 0 Å². The van der Waals surface area contributed by atoms with Crippen LogP contribution in [0.2, 0.25) is 15.1 Å². The van der Waals surface area contributed by atoms with Gasteiger partial charge in [0.1, 0.15) is 18.9 Å². The van der Waals surface area contributed by atoms with E-state index in [9.17, 15) is 14.4 Å². The molecule has 1 N–H and O–H groups in total. The maximum absolute atomic E-state index is 12.0. The number of para-hydroxylation sites is 1. The van der Waals surface area contributed by atoms with Gasteiger partial charge < -0.3 is 14.3 Å². The Morgan fingerprint density at radius 2 is 1.89 bits per heavy atom. The van der Waals surface area contributed by atoms with Crippen LogP contribution in [0.5, 0.6) is 5.75 Å². The Kier molecular flexibility index (Phi) is 8.76. The van der Waals surface area contributed by atoms with E-state index in [4.69, 9.17) is 55.5 Å². The van der Waals surface area contributed by atoms with Crippen molar-refractivity contribution in [3.05, 3.63) is 71.5 Å². The molecular weight excluding hydrogens is 565 g/mol. The highest BCUT2D eigenvalue weighted by atomic mass is 35.5. The minimum Gasteiger partial charge on any atom is -0.480 e. The molecule has 0 saturated heterocycles. The van der Waals surface area contributed by atoms with E-state index < -0.39 is 17.1 Å². The lowest BCUT2D eigenvalue weighted by atomic mass is 9.97. The number of ether oxygens (including phenoxy) is 1. The number of carboxylic acids is 1. The highest BCUT2D eigenvalue weighted by Crippen LogP contribution is 2.33. The molecule has 0 spiro atoms. The standard InChI is InChI=1S/C15H14Cl2N2O3.C9H6ClNO3S/c1-5-6-21-12-8-11(9(16)7-10(12)17)19-14(20)22-13(18-19)15(2,3)4;10-5-2-1-3-6-8(5)11(4-7(12)13)9(14)15-6/h1,7-8H,6H2,2-4H3;1-3H,4H2,(H,12,13). The van der Waals surface area contributed by atoms with Crippen LogP contribution < -0.4 is 15.4 Å². The molecule has 4 aromatic rings. The first kappa shape index (κ1) is 28.3. The number of terminal acetylenes is 1. The number of aliphatic carboxylic acids is 1. The predicted molar refractivity (Wildman–Crippen MR) is 144 cm³/mol. The maximum atomic E-state index is 12.0. The van der Waals surface area contributed by atoms with Gasteiger partial charge in [0.2, 0.25) is 5.89 Å². The number of carbonyl (C=O) groups is 1. The van der Waals surface area contributed by atoms with E-state index in [0.29, 0.717) is 32.6 Å². The van der Waals surface area contributed by atoms with Crippen molar-refractivity contribution in [3.8, 4) is 23.8 Å². The lowest BCUT2D eigenvalue weighted by molar-refractivity contribution is -0.137. The molecule has 37 heavy (non-hydrogen) atoms. The molecule has 0 unspecified atom stereocenters. The Bertz CT molecular complexity index is 1620. The minimum absolute atomic E-state index is 0.0434. The van der Waals surface area contributed by atoms with Gasteiger partial charge in [-0.15, -0.1) is 11.5 Å². The highest BCUT2D eigenvalue weighted by Gasteiger charge is 2.24. The molecule has 0 aliphatic heterocycles. The summed E-state index contributed by atoms with van der Waals surface area (Å²) >= 11 is 19.1. The quantitative estimate of drug-likeness (QED) is 0.319. The number of halogens is 3. The number of nitrogens with zero attached hydrogens (tertiary/aromatic N) is 3. The van der Waals surface area contributed by atoms with E-state index in [-0.39, 0.29) is 28.1 Å². The molecule has 2 heterocycles. The first-order chi connectivity index (χ1) is 17.3. The van der Waals surface area contributed by atoms with Gasteiger partial charge in [-0.2, -0.15) is 4.68 Å². The topological polar surface area (TPSA) is 117 Å². The summed E-state index contributed by atoms with van der Waals surface area (Å²) in [5.74, 6) is 1.25. The lowest BCUT2D eigenvalue weighted by Crippen LogP contribution is -2.18. The van der Waals surface area contributed by atoms with Crippen molar-refractivity contribution >= 4 is 62.3 Å². The molecule has 0 aliphatic rings. The third-order valence-corrected chi connectivity index (χ3v) is 6.51. The molecule has 0 amide bonds. The second kappa shape index (κ2) is 11.4. The van der Waals surface area contributed by atoms with Gasteiger partial charge in [0.05, 0.1) is 31.0 Å². The average Bonchev–Trinajstić information content (AvgIpc) is 3.34. The maximum Gasteiger partial charge on any atom is 0.442 e. The normalized spacial score (nSPS) is 11.1. The van der Waals surface area contributed by atoms with E-state index in [1.54, 1.807) is 18.2 Å². The van der Waals surface area contributed by atoms with Gasteiger partial charge in [-0.1, -0.05) is 78.9 Å². The van der Waals surface area contributed by atoms with Crippen molar-refractivity contribution in [2.45, 2.75) is 32.7 Å². The minimum atomic E-state index is -1.06. The van der Waals surface area contributed by atoms with Gasteiger partial charge in [-0.05, 0) is 18.2 Å². The summed E-state index contributed by atoms with van der Waals surface area (Å²) in [5, 5.41) is 13.8. The second-order valence-corrected chi connectivity index (χ2v) is 10.7. The van der Waals surface area contributed by atoms with Crippen LogP contribution >= 0.6 is 46.1 Å². The van der Waals surface area contributed by atoms with Crippen molar-refractivity contribution in [2.24, 2.45) is 0 Å². The fraction of sp³-hybridized carbons (Fsp3) is 0.250. The Morgan fingerprint density at radius 1 is 1.19 bits per heavy atom. The van der Waals surface area contributed by atoms with Crippen molar-refractivity contribution in [3.63, 3.8) is 0 Å². The van der Waals surface area contributed by atoms with Crippen LogP contribution in [-0.2, 0) is 16.8 Å². The highest BCUT2D eigenvalue weighted by molar-refractivity contribution is 7.16. The second-order valence-electron chi connectivity index (χ2n) is 8.50. The smallest absolute Gasteiger partial charge is 0.442 e. The van der Waals surface area contributed by atoms with E-state index >= 15 is 0 Å². The van der Waals surface area contributed by atoms with Crippen LogP contribution in [0, 0.1) is 12.3 Å². The van der Waals surface area contributed by atoms with Crippen molar-refractivity contribution in [1.82, 2.24) is 14.3 Å². The Labute approximate surface area is 229 Å². The number of aromatic nitrogens is 3. The van der Waals surface area contributed by atoms with Gasteiger partial charge in [0, 0.05) is 11.5 Å². The van der Waals surface area contributed by atoms with Crippen molar-refractivity contribution < 1.29 is 19.1 Å². The number of hydrogen-bond acceptors (Lipinski definition) is 7. The molecule has 0 fully saturated rings. The lowest BCUT2D eigenvalue weighted by Gasteiger charge is -2.11. The van der Waals surface area contributed by atoms with Crippen molar-refractivity contribution in [1.29, 1.82) is 0 Å². The summed E-state index contributed by atoms with van der Waals surface area (Å²) in [4.78, 5) is 33.8. The summed E-state index contributed by atoms with van der Waals surface area (Å²) in [6.07, 6.45) is 5.15. The zero-order chi connectivity index (χ0) is 27.5. The summed E-state index contributed by atoms with van der Waals surface area (Å²) in [6, 6.07) is 8.06. The number of benzene rings is 2. The fourth-order valence-electron chi connectivity index (χ4n) is 3.00. The number of thiazole rings is 1. The number of fused-ring (bicyclic) bond motifs is 1. The number of carboxylic acid groups (broad SMARTS) is 1. The largest absolute Gasteiger partial charge is 0.480 e. The monoisotopic (exact) mass is 583 g/mol. The molecule has 0 bridgehead atoms. The van der Waals surface area contributed by atoms with Crippen LogP contribution in [0.1, 0.15) is 26.7 Å². The molecule has 2 aromatic carbocycles. The Hall–Kier alpha value is -3.23. The van der Waals surface area contributed by atoms with Gasteiger partial charge in [-0.25, -0.2) is 4.79 Å². The molecule has 0 radical (unpaired) electrons. The number of hydrogen-bond donors (Lipinski definition) is 1. The van der Waals surface area contributed by atoms with E-state index in [2.05, 4.69) is 11.0 Å². The van der Waals surface area contributed by atoms with Gasteiger partial charge in [-0.3, -0.25) is 14.2 Å². The summed E-state index contributed by atoms with van der Waals surface area (Å²) in [5.41, 5.74) is 0.394. The molecule has 9 nitrogen and oxygen atoms in total. The first-order valence-electron chi connectivity index (χ1n) is 10.5. The van der Waals surface area contributed by atoms with E-state index in [1.807, 2.05) is 20.8 Å². The zero-order valence-electron chi connectivity index (χ0n) is 19.8. The molecule has 194 valence electrons. The van der Waals surface area contributed by atoms with Crippen molar-refractivity contribution in [2.75, 3.05) is 6.61 Å². The SMILES string of the molecule is C#CCOc1cc(-n2nc(C(C)(C)C)oc2=O)c(Cl)cc1Cl.O=C(O)Cn1c(=O)sc2cccc(Cl)c21. The predicted octanol–water partition coefficient (Wildman–Crippen LogP) is 5.24. The zero-order valence-corrected chi connectivity index (χ0v) is 22.8. The van der Waals surface area contributed by atoms with Crippen LogP contribution in [-0.4, -0.2) is 32.0 Å². The molecule has 2 aromatic heterocycles. The molecule has 0 saturated carbocycles. The van der Waals surface area contributed by atoms with Gasteiger partial charge in [0.15, 0.2) is 0 Å². The molecule has 4 rings (SSSR count). The molecular formula is C24H20Cl3N3O6S. The Balaban J connectivity index is 0.000000220. The third kappa shape index (κ3) is 6.56. The van der Waals surface area contributed by atoms with Gasteiger partial charge in [0.25, 0.3) is 0 Å². The first-order valence-corrected chi connectivity index (χ1v) is 12.4. The van der Waals surface area contributed by atoms with Crippen LogP contribution in [0.25, 0.3) is 15.9 Å². The molecule has 0 atom stereocenters. The molecule has 0 aliphatic carbocycles. The van der Waals surface area contributed by atoms with Crippen LogP contribution in [0.15, 0.2) is 44.3 Å². The Morgan fingerprint density at radius 3 is 2.49 bits per heavy atom.